The Morgan fingerprint density at radius 2 is 2.33 bits per heavy atom. The van der Waals surface area contributed by atoms with Crippen LogP contribution < -0.4 is 10.4 Å². The Kier molecular flexibility index (Phi) is 3.01. The highest BCUT2D eigenvalue weighted by Crippen LogP contribution is 2.13. The quantitative estimate of drug-likeness (QED) is 0.648. The molecule has 1 aromatic rings. The molecule has 1 rings (SSSR count). The fourth-order valence-electron chi connectivity index (χ4n) is 1.06. The maximum Gasteiger partial charge on any atom is 0.132 e. The van der Waals surface area contributed by atoms with Gasteiger partial charge in [0.25, 0.3) is 0 Å². The van der Waals surface area contributed by atoms with Gasteiger partial charge in [0.1, 0.15) is 5.82 Å². The van der Waals surface area contributed by atoms with Gasteiger partial charge in [0.15, 0.2) is 0 Å². The van der Waals surface area contributed by atoms with Crippen molar-refractivity contribution in [1.29, 1.82) is 0 Å². The fourth-order valence-corrected chi connectivity index (χ4v) is 1.06. The van der Waals surface area contributed by atoms with Crippen molar-refractivity contribution in [2.45, 2.75) is 6.54 Å². The summed E-state index contributed by atoms with van der Waals surface area (Å²) in [5.41, 5.74) is 3.09. The highest BCUT2D eigenvalue weighted by molar-refractivity contribution is 5.44. The summed E-state index contributed by atoms with van der Waals surface area (Å²) < 4.78 is 0. The van der Waals surface area contributed by atoms with E-state index in [1.165, 1.54) is 0 Å². The van der Waals surface area contributed by atoms with E-state index in [0.29, 0.717) is 6.54 Å². The molecule has 66 valence electrons. The minimum Gasteiger partial charge on any atom is -0.362 e. The molecule has 0 spiro atoms. The van der Waals surface area contributed by atoms with Crippen LogP contribution in [0.3, 0.4) is 0 Å². The molecular formula is C8H13N3O. The molecule has 4 nitrogen and oxygen atoms in total. The molecule has 0 amide bonds. The Hall–Kier alpha value is -1.13. The molecular weight excluding hydrogens is 154 g/mol. The molecule has 0 bridgehead atoms. The highest BCUT2D eigenvalue weighted by Gasteiger charge is 2.03. The van der Waals surface area contributed by atoms with Crippen LogP contribution >= 0.6 is 0 Å². The highest BCUT2D eigenvalue weighted by atomic mass is 16.5. The van der Waals surface area contributed by atoms with E-state index < -0.39 is 0 Å². The maximum absolute atomic E-state index is 8.53. The number of aromatic nitrogens is 1. The molecule has 1 heterocycles. The van der Waals surface area contributed by atoms with Gasteiger partial charge in [-0.15, -0.1) is 0 Å². The normalized spacial score (nSPS) is 9.92. The number of rotatable bonds is 3. The van der Waals surface area contributed by atoms with Crippen molar-refractivity contribution in [3.8, 4) is 0 Å². The lowest BCUT2D eigenvalue weighted by Crippen LogP contribution is -2.16. The zero-order chi connectivity index (χ0) is 8.97. The summed E-state index contributed by atoms with van der Waals surface area (Å²) >= 11 is 0. The third kappa shape index (κ3) is 1.93. The monoisotopic (exact) mass is 167 g/mol. The molecule has 0 aliphatic rings. The van der Waals surface area contributed by atoms with Gasteiger partial charge in [-0.3, -0.25) is 0 Å². The number of pyridine rings is 1. The van der Waals surface area contributed by atoms with Gasteiger partial charge >= 0.3 is 0 Å². The van der Waals surface area contributed by atoms with Crippen LogP contribution in [0.15, 0.2) is 18.3 Å². The predicted octanol–water partition coefficient (Wildman–Crippen LogP) is 0.626. The Bertz CT molecular complexity index is 250. The first kappa shape index (κ1) is 8.96. The number of hydroxylamine groups is 1. The summed E-state index contributed by atoms with van der Waals surface area (Å²) in [5.74, 6) is 0.874. The second kappa shape index (κ2) is 4.04. The minimum atomic E-state index is 0.418. The van der Waals surface area contributed by atoms with Gasteiger partial charge in [-0.2, -0.15) is 0 Å². The van der Waals surface area contributed by atoms with Gasteiger partial charge in [0, 0.05) is 32.4 Å². The third-order valence-corrected chi connectivity index (χ3v) is 1.56. The van der Waals surface area contributed by atoms with Crippen molar-refractivity contribution in [1.82, 2.24) is 10.5 Å². The van der Waals surface area contributed by atoms with Gasteiger partial charge in [0.05, 0.1) is 0 Å². The van der Waals surface area contributed by atoms with Gasteiger partial charge in [-0.05, 0) is 6.07 Å². The molecule has 0 radical (unpaired) electrons. The second-order valence-corrected chi connectivity index (χ2v) is 2.72. The van der Waals surface area contributed by atoms with Crippen LogP contribution in [0.4, 0.5) is 5.82 Å². The Morgan fingerprint density at radius 3 is 2.92 bits per heavy atom. The van der Waals surface area contributed by atoms with Gasteiger partial charge in [-0.25, -0.2) is 10.5 Å². The number of anilines is 1. The summed E-state index contributed by atoms with van der Waals surface area (Å²) in [7, 11) is 3.84. The SMILES string of the molecule is CN(C)c1ncccc1CNO. The lowest BCUT2D eigenvalue weighted by Gasteiger charge is -2.14. The molecule has 12 heavy (non-hydrogen) atoms. The predicted molar refractivity (Wildman–Crippen MR) is 47.2 cm³/mol. The van der Waals surface area contributed by atoms with Crippen LogP contribution in [0.1, 0.15) is 5.56 Å². The molecule has 0 atom stereocenters. The van der Waals surface area contributed by atoms with Crippen LogP contribution in [0.2, 0.25) is 0 Å². The molecule has 4 heteroatoms. The number of hydrogen-bond donors (Lipinski definition) is 2. The Morgan fingerprint density at radius 1 is 1.58 bits per heavy atom. The Labute approximate surface area is 71.8 Å². The first-order valence-electron chi connectivity index (χ1n) is 3.74. The van der Waals surface area contributed by atoms with Crippen LogP contribution in [0.25, 0.3) is 0 Å². The molecule has 1 aromatic heterocycles. The topological polar surface area (TPSA) is 48.4 Å². The average molecular weight is 167 g/mol. The van der Waals surface area contributed by atoms with Crippen molar-refractivity contribution in [2.24, 2.45) is 0 Å². The molecule has 0 saturated carbocycles. The van der Waals surface area contributed by atoms with E-state index in [1.54, 1.807) is 6.20 Å². The van der Waals surface area contributed by atoms with Crippen molar-refractivity contribution in [3.05, 3.63) is 23.9 Å². The van der Waals surface area contributed by atoms with Crippen molar-refractivity contribution in [3.63, 3.8) is 0 Å². The van der Waals surface area contributed by atoms with Crippen LogP contribution in [0, 0.1) is 0 Å². The van der Waals surface area contributed by atoms with E-state index in [2.05, 4.69) is 10.5 Å². The molecule has 0 aliphatic heterocycles. The van der Waals surface area contributed by atoms with Crippen LogP contribution in [-0.4, -0.2) is 24.3 Å². The number of hydrogen-bond acceptors (Lipinski definition) is 4. The van der Waals surface area contributed by atoms with Gasteiger partial charge < -0.3 is 10.1 Å². The van der Waals surface area contributed by atoms with E-state index >= 15 is 0 Å². The molecule has 2 N–H and O–H groups in total. The van der Waals surface area contributed by atoms with E-state index in [9.17, 15) is 0 Å². The van der Waals surface area contributed by atoms with E-state index in [0.717, 1.165) is 11.4 Å². The van der Waals surface area contributed by atoms with Crippen LogP contribution in [-0.2, 0) is 6.54 Å². The summed E-state index contributed by atoms with van der Waals surface area (Å²) in [4.78, 5) is 6.08. The lowest BCUT2D eigenvalue weighted by molar-refractivity contribution is 0.161. The zero-order valence-corrected chi connectivity index (χ0v) is 7.28. The summed E-state index contributed by atoms with van der Waals surface area (Å²) in [5, 5.41) is 8.53. The van der Waals surface area contributed by atoms with E-state index in [1.807, 2.05) is 31.1 Å². The zero-order valence-electron chi connectivity index (χ0n) is 7.28. The fraction of sp³-hybridized carbons (Fsp3) is 0.375. The van der Waals surface area contributed by atoms with Gasteiger partial charge in [-0.1, -0.05) is 6.07 Å². The molecule has 0 saturated heterocycles. The van der Waals surface area contributed by atoms with Crippen LogP contribution in [0.5, 0.6) is 0 Å². The van der Waals surface area contributed by atoms with E-state index in [-0.39, 0.29) is 0 Å². The summed E-state index contributed by atoms with van der Waals surface area (Å²) in [6.07, 6.45) is 1.73. The first-order valence-corrected chi connectivity index (χ1v) is 3.74. The molecule has 0 fully saturated rings. The molecule has 0 aliphatic carbocycles. The molecule has 0 unspecified atom stereocenters. The standard InChI is InChI=1S/C8H13N3O/c1-11(2)8-7(6-10-12)4-3-5-9-8/h3-5,10,12H,6H2,1-2H3. The first-order chi connectivity index (χ1) is 5.75. The largest absolute Gasteiger partial charge is 0.362 e. The smallest absolute Gasteiger partial charge is 0.132 e. The lowest BCUT2D eigenvalue weighted by atomic mass is 10.2. The van der Waals surface area contributed by atoms with Crippen molar-refractivity contribution in [2.75, 3.05) is 19.0 Å². The summed E-state index contributed by atoms with van der Waals surface area (Å²) in [6.45, 7) is 0.418. The van der Waals surface area contributed by atoms with Gasteiger partial charge in [0.2, 0.25) is 0 Å². The molecule has 0 aromatic carbocycles. The second-order valence-electron chi connectivity index (χ2n) is 2.72. The maximum atomic E-state index is 8.53. The minimum absolute atomic E-state index is 0.418. The number of nitrogens with one attached hydrogen (secondary N) is 1. The average Bonchev–Trinajstić information content (AvgIpc) is 2.05. The number of nitrogens with zero attached hydrogens (tertiary/aromatic N) is 2. The Balaban J connectivity index is 2.92. The van der Waals surface area contributed by atoms with E-state index in [4.69, 9.17) is 5.21 Å². The van der Waals surface area contributed by atoms with Crippen molar-refractivity contribution < 1.29 is 5.21 Å². The third-order valence-electron chi connectivity index (χ3n) is 1.56. The summed E-state index contributed by atoms with van der Waals surface area (Å²) in [6, 6.07) is 3.77. The van der Waals surface area contributed by atoms with Crippen molar-refractivity contribution >= 4 is 5.82 Å².